The van der Waals surface area contributed by atoms with Gasteiger partial charge >= 0.3 is 0 Å². The molecule has 0 fully saturated rings. The van der Waals surface area contributed by atoms with Crippen molar-refractivity contribution in [3.63, 3.8) is 0 Å². The van der Waals surface area contributed by atoms with Gasteiger partial charge in [-0.3, -0.25) is 0 Å². The first-order valence-corrected chi connectivity index (χ1v) is 7.33. The molecule has 0 aliphatic heterocycles. The van der Waals surface area contributed by atoms with E-state index in [4.69, 9.17) is 11.6 Å². The van der Waals surface area contributed by atoms with Gasteiger partial charge in [-0.15, -0.1) is 0 Å². The number of hydrogen-bond donors (Lipinski definition) is 1. The second kappa shape index (κ2) is 6.07. The Hall–Kier alpha value is -0.260. The molecule has 2 rings (SSSR count). The van der Waals surface area contributed by atoms with Gasteiger partial charge < -0.3 is 5.32 Å². The Bertz CT molecular complexity index is 513. The van der Waals surface area contributed by atoms with Gasteiger partial charge in [-0.1, -0.05) is 23.7 Å². The van der Waals surface area contributed by atoms with Crippen molar-refractivity contribution in [3.8, 4) is 0 Å². The molecule has 0 amide bonds. The third-order valence-corrected chi connectivity index (χ3v) is 4.26. The zero-order chi connectivity index (χ0) is 12.3. The molecular formula is C13H10BrClIN. The minimum absolute atomic E-state index is 0.727. The predicted molar refractivity (Wildman–Crippen MR) is 85.6 cm³/mol. The van der Waals surface area contributed by atoms with Crippen LogP contribution in [0.25, 0.3) is 0 Å². The molecule has 0 saturated carbocycles. The third-order valence-electron chi connectivity index (χ3n) is 2.33. The maximum Gasteiger partial charge on any atom is 0.0549 e. The van der Waals surface area contributed by atoms with Crippen molar-refractivity contribution in [1.29, 1.82) is 0 Å². The van der Waals surface area contributed by atoms with E-state index in [2.05, 4.69) is 68.1 Å². The lowest BCUT2D eigenvalue weighted by atomic mass is 10.2. The van der Waals surface area contributed by atoms with Crippen LogP contribution in [-0.2, 0) is 6.54 Å². The molecule has 4 heteroatoms. The van der Waals surface area contributed by atoms with Gasteiger partial charge in [0.05, 0.1) is 5.02 Å². The van der Waals surface area contributed by atoms with Crippen LogP contribution < -0.4 is 5.32 Å². The molecule has 0 spiro atoms. The van der Waals surface area contributed by atoms with Crippen molar-refractivity contribution in [2.75, 3.05) is 5.32 Å². The number of halogens is 3. The quantitative estimate of drug-likeness (QED) is 0.661. The normalized spacial score (nSPS) is 10.3. The first-order valence-electron chi connectivity index (χ1n) is 5.08. The summed E-state index contributed by atoms with van der Waals surface area (Å²) in [7, 11) is 0. The number of nitrogens with one attached hydrogen (secondary N) is 1. The van der Waals surface area contributed by atoms with Crippen LogP contribution >= 0.6 is 50.1 Å². The van der Waals surface area contributed by atoms with Crippen LogP contribution in [0.5, 0.6) is 0 Å². The number of hydrogen-bond acceptors (Lipinski definition) is 1. The lowest BCUT2D eigenvalue weighted by Crippen LogP contribution is -1.99. The molecule has 0 radical (unpaired) electrons. The van der Waals surface area contributed by atoms with Crippen LogP contribution in [0.3, 0.4) is 0 Å². The maximum absolute atomic E-state index is 5.94. The van der Waals surface area contributed by atoms with Crippen molar-refractivity contribution in [2.24, 2.45) is 0 Å². The second-order valence-corrected chi connectivity index (χ2v) is 6.12. The number of benzene rings is 2. The summed E-state index contributed by atoms with van der Waals surface area (Å²) in [6, 6.07) is 14.3. The summed E-state index contributed by atoms with van der Waals surface area (Å²) in [4.78, 5) is 0. The largest absolute Gasteiger partial charge is 0.381 e. The Morgan fingerprint density at radius 1 is 1.12 bits per heavy atom. The fourth-order valence-corrected chi connectivity index (χ4v) is 2.27. The lowest BCUT2D eigenvalue weighted by Gasteiger charge is -2.07. The molecule has 1 nitrogen and oxygen atoms in total. The summed E-state index contributed by atoms with van der Waals surface area (Å²) < 4.78 is 2.16. The molecule has 2 aromatic carbocycles. The van der Waals surface area contributed by atoms with Crippen molar-refractivity contribution in [2.45, 2.75) is 6.54 Å². The van der Waals surface area contributed by atoms with Gasteiger partial charge in [-0.2, -0.15) is 0 Å². The zero-order valence-corrected chi connectivity index (χ0v) is 13.4. The van der Waals surface area contributed by atoms with Gasteiger partial charge in [0.1, 0.15) is 0 Å². The second-order valence-electron chi connectivity index (χ2n) is 3.61. The Labute approximate surface area is 128 Å². The van der Waals surface area contributed by atoms with Crippen LogP contribution in [0.15, 0.2) is 46.9 Å². The molecule has 0 aromatic heterocycles. The number of rotatable bonds is 3. The van der Waals surface area contributed by atoms with E-state index in [1.807, 2.05) is 18.2 Å². The average molecular weight is 422 g/mol. The van der Waals surface area contributed by atoms with E-state index in [-0.39, 0.29) is 0 Å². The van der Waals surface area contributed by atoms with Gasteiger partial charge in [0.25, 0.3) is 0 Å². The fourth-order valence-electron chi connectivity index (χ4n) is 1.41. The molecule has 0 heterocycles. The van der Waals surface area contributed by atoms with E-state index < -0.39 is 0 Å². The molecular weight excluding hydrogens is 412 g/mol. The molecule has 0 atom stereocenters. The Morgan fingerprint density at radius 3 is 2.47 bits per heavy atom. The van der Waals surface area contributed by atoms with Crippen molar-refractivity contribution < 1.29 is 0 Å². The van der Waals surface area contributed by atoms with E-state index in [0.29, 0.717) is 0 Å². The molecule has 0 bridgehead atoms. The van der Waals surface area contributed by atoms with Gasteiger partial charge in [-0.05, 0) is 74.4 Å². The van der Waals surface area contributed by atoms with Crippen LogP contribution in [0, 0.1) is 3.57 Å². The van der Waals surface area contributed by atoms with E-state index >= 15 is 0 Å². The van der Waals surface area contributed by atoms with Gasteiger partial charge in [0.15, 0.2) is 0 Å². The highest BCUT2D eigenvalue weighted by atomic mass is 127. The first kappa shape index (κ1) is 13.2. The molecule has 1 N–H and O–H groups in total. The highest BCUT2D eigenvalue weighted by molar-refractivity contribution is 14.1. The smallest absolute Gasteiger partial charge is 0.0549 e. The third kappa shape index (κ3) is 3.86. The van der Waals surface area contributed by atoms with E-state index in [1.165, 1.54) is 9.13 Å². The van der Waals surface area contributed by atoms with E-state index in [1.54, 1.807) is 0 Å². The summed E-state index contributed by atoms with van der Waals surface area (Å²) in [6.07, 6.45) is 0. The minimum atomic E-state index is 0.727. The Balaban J connectivity index is 2.02. The summed E-state index contributed by atoms with van der Waals surface area (Å²) in [5.41, 5.74) is 2.32. The molecule has 2 aromatic rings. The standard InChI is InChI=1S/C13H10BrClIN/c14-12-7-11(5-6-13(12)15)17-8-9-1-3-10(16)4-2-9/h1-7,17H,8H2. The molecule has 0 aliphatic carbocycles. The summed E-state index contributed by atoms with van der Waals surface area (Å²) >= 11 is 11.7. The molecule has 88 valence electrons. The summed E-state index contributed by atoms with van der Waals surface area (Å²) in [6.45, 7) is 0.811. The molecule has 0 saturated heterocycles. The SMILES string of the molecule is Clc1ccc(NCc2ccc(I)cc2)cc1Br. The topological polar surface area (TPSA) is 12.0 Å². The lowest BCUT2D eigenvalue weighted by molar-refractivity contribution is 1.15. The summed E-state index contributed by atoms with van der Waals surface area (Å²) in [5, 5.41) is 4.08. The van der Waals surface area contributed by atoms with Crippen molar-refractivity contribution in [3.05, 3.63) is 61.1 Å². The van der Waals surface area contributed by atoms with E-state index in [9.17, 15) is 0 Å². The highest BCUT2D eigenvalue weighted by Gasteiger charge is 1.99. The van der Waals surface area contributed by atoms with Crippen LogP contribution in [-0.4, -0.2) is 0 Å². The van der Waals surface area contributed by atoms with Crippen LogP contribution in [0.1, 0.15) is 5.56 Å². The Morgan fingerprint density at radius 2 is 1.82 bits per heavy atom. The average Bonchev–Trinajstić information content (AvgIpc) is 2.33. The zero-order valence-electron chi connectivity index (χ0n) is 8.88. The fraction of sp³-hybridized carbons (Fsp3) is 0.0769. The minimum Gasteiger partial charge on any atom is -0.381 e. The van der Waals surface area contributed by atoms with Crippen LogP contribution in [0.4, 0.5) is 5.69 Å². The van der Waals surface area contributed by atoms with Crippen molar-refractivity contribution >= 4 is 55.8 Å². The molecule has 0 unspecified atom stereocenters. The summed E-state index contributed by atoms with van der Waals surface area (Å²) in [5.74, 6) is 0. The van der Waals surface area contributed by atoms with Gasteiger partial charge in [-0.25, -0.2) is 0 Å². The highest BCUT2D eigenvalue weighted by Crippen LogP contribution is 2.25. The Kier molecular flexibility index (Phi) is 4.70. The molecule has 17 heavy (non-hydrogen) atoms. The van der Waals surface area contributed by atoms with Gasteiger partial charge in [0.2, 0.25) is 0 Å². The first-order chi connectivity index (χ1) is 8.15. The monoisotopic (exact) mass is 421 g/mol. The van der Waals surface area contributed by atoms with Crippen molar-refractivity contribution in [1.82, 2.24) is 0 Å². The predicted octanol–water partition coefficient (Wildman–Crippen LogP) is 5.32. The molecule has 0 aliphatic rings. The van der Waals surface area contributed by atoms with E-state index in [0.717, 1.165) is 21.7 Å². The maximum atomic E-state index is 5.94. The number of anilines is 1. The van der Waals surface area contributed by atoms with Gasteiger partial charge in [0, 0.05) is 20.3 Å². The van der Waals surface area contributed by atoms with Crippen LogP contribution in [0.2, 0.25) is 5.02 Å².